The Morgan fingerprint density at radius 2 is 1.87 bits per heavy atom. The van der Waals surface area contributed by atoms with E-state index in [-0.39, 0.29) is 23.8 Å². The van der Waals surface area contributed by atoms with Crippen LogP contribution < -0.4 is 5.32 Å². The van der Waals surface area contributed by atoms with Gasteiger partial charge in [0.1, 0.15) is 5.82 Å². The predicted molar refractivity (Wildman–Crippen MR) is 82.6 cm³/mol. The zero-order chi connectivity index (χ0) is 16.4. The fourth-order valence-electron chi connectivity index (χ4n) is 2.76. The molecular formula is C18H16FNO3. The number of amides is 1. The molecule has 0 saturated heterocycles. The van der Waals surface area contributed by atoms with Crippen LogP contribution >= 0.6 is 0 Å². The normalized spacial score (nSPS) is 15.0. The summed E-state index contributed by atoms with van der Waals surface area (Å²) < 4.78 is 13.9. The first-order chi connectivity index (χ1) is 11.0. The lowest BCUT2D eigenvalue weighted by molar-refractivity contribution is -0.123. The van der Waals surface area contributed by atoms with Crippen molar-refractivity contribution >= 4 is 11.9 Å². The van der Waals surface area contributed by atoms with Crippen LogP contribution in [0.1, 0.15) is 34.3 Å². The smallest absolute Gasteiger partial charge is 0.335 e. The number of carbonyl (C=O) groups excluding carboxylic acids is 1. The molecule has 0 aliphatic heterocycles. The molecule has 23 heavy (non-hydrogen) atoms. The number of halogens is 1. The van der Waals surface area contributed by atoms with Crippen molar-refractivity contribution < 1.29 is 19.1 Å². The number of carboxylic acids is 1. The average Bonchev–Trinajstić information content (AvgIpc) is 3.35. The van der Waals surface area contributed by atoms with Gasteiger partial charge in [-0.25, -0.2) is 9.18 Å². The molecule has 1 fully saturated rings. The highest BCUT2D eigenvalue weighted by molar-refractivity contribution is 5.91. The van der Waals surface area contributed by atoms with E-state index in [2.05, 4.69) is 5.32 Å². The monoisotopic (exact) mass is 313 g/mol. The van der Waals surface area contributed by atoms with E-state index in [9.17, 15) is 14.0 Å². The van der Waals surface area contributed by atoms with Gasteiger partial charge in [0.25, 0.3) is 0 Å². The molecule has 0 aromatic heterocycles. The van der Waals surface area contributed by atoms with E-state index < -0.39 is 11.4 Å². The number of aromatic carboxylic acids is 1. The molecule has 1 aliphatic carbocycles. The maximum atomic E-state index is 13.9. The molecule has 1 amide bonds. The SMILES string of the molecule is O=C(O)c1cccc(CNC(=O)C2(c3ccccc3F)CC2)c1. The molecular weight excluding hydrogens is 297 g/mol. The zero-order valence-electron chi connectivity index (χ0n) is 12.4. The minimum atomic E-state index is -1.01. The lowest BCUT2D eigenvalue weighted by Gasteiger charge is -2.16. The van der Waals surface area contributed by atoms with Gasteiger partial charge in [-0.2, -0.15) is 0 Å². The van der Waals surface area contributed by atoms with Crippen molar-refractivity contribution in [1.82, 2.24) is 5.32 Å². The molecule has 2 aromatic rings. The molecule has 1 aliphatic rings. The standard InChI is InChI=1S/C18H16FNO3/c19-15-7-2-1-6-14(15)18(8-9-18)17(23)20-11-12-4-3-5-13(10-12)16(21)22/h1-7,10H,8-9,11H2,(H,20,23)(H,21,22). The molecule has 1 saturated carbocycles. The fourth-order valence-corrected chi connectivity index (χ4v) is 2.76. The van der Waals surface area contributed by atoms with Gasteiger partial charge in [0.15, 0.2) is 0 Å². The summed E-state index contributed by atoms with van der Waals surface area (Å²) in [4.78, 5) is 23.4. The predicted octanol–water partition coefficient (Wildman–Crippen LogP) is 2.87. The van der Waals surface area contributed by atoms with Crippen LogP contribution in [0.2, 0.25) is 0 Å². The van der Waals surface area contributed by atoms with Gasteiger partial charge < -0.3 is 10.4 Å². The van der Waals surface area contributed by atoms with Crippen molar-refractivity contribution in [1.29, 1.82) is 0 Å². The number of hydrogen-bond acceptors (Lipinski definition) is 2. The van der Waals surface area contributed by atoms with Crippen molar-refractivity contribution in [3.05, 3.63) is 71.0 Å². The van der Waals surface area contributed by atoms with Crippen LogP contribution in [0.15, 0.2) is 48.5 Å². The van der Waals surface area contributed by atoms with Gasteiger partial charge in [0.2, 0.25) is 5.91 Å². The first-order valence-corrected chi connectivity index (χ1v) is 7.38. The Balaban J connectivity index is 1.72. The van der Waals surface area contributed by atoms with Crippen LogP contribution in [0.3, 0.4) is 0 Å². The van der Waals surface area contributed by atoms with Gasteiger partial charge in [-0.1, -0.05) is 30.3 Å². The average molecular weight is 313 g/mol. The second-order valence-electron chi connectivity index (χ2n) is 5.75. The number of rotatable bonds is 5. The summed E-state index contributed by atoms with van der Waals surface area (Å²) in [6, 6.07) is 12.7. The molecule has 2 aromatic carbocycles. The van der Waals surface area contributed by atoms with Gasteiger partial charge in [-0.15, -0.1) is 0 Å². The van der Waals surface area contributed by atoms with E-state index in [1.807, 2.05) is 0 Å². The highest BCUT2D eigenvalue weighted by atomic mass is 19.1. The van der Waals surface area contributed by atoms with Crippen LogP contribution in [-0.4, -0.2) is 17.0 Å². The Morgan fingerprint density at radius 3 is 2.52 bits per heavy atom. The topological polar surface area (TPSA) is 66.4 Å². The fraction of sp³-hybridized carbons (Fsp3) is 0.222. The molecule has 0 spiro atoms. The van der Waals surface area contributed by atoms with Crippen molar-refractivity contribution in [2.24, 2.45) is 0 Å². The molecule has 118 valence electrons. The zero-order valence-corrected chi connectivity index (χ0v) is 12.4. The van der Waals surface area contributed by atoms with Crippen molar-refractivity contribution in [2.75, 3.05) is 0 Å². The minimum Gasteiger partial charge on any atom is -0.478 e. The quantitative estimate of drug-likeness (QED) is 0.892. The molecule has 4 nitrogen and oxygen atoms in total. The van der Waals surface area contributed by atoms with Crippen LogP contribution in [0.5, 0.6) is 0 Å². The first kappa shape index (κ1) is 15.2. The third-order valence-electron chi connectivity index (χ3n) is 4.20. The molecule has 0 atom stereocenters. The number of carbonyl (C=O) groups is 2. The Bertz CT molecular complexity index is 768. The number of benzene rings is 2. The molecule has 3 rings (SSSR count). The molecule has 0 bridgehead atoms. The second-order valence-corrected chi connectivity index (χ2v) is 5.75. The first-order valence-electron chi connectivity index (χ1n) is 7.38. The van der Waals surface area contributed by atoms with Gasteiger partial charge in [0, 0.05) is 12.1 Å². The molecule has 2 N–H and O–H groups in total. The summed E-state index contributed by atoms with van der Waals surface area (Å²) in [5.74, 6) is -1.60. The van der Waals surface area contributed by atoms with E-state index in [0.717, 1.165) is 0 Å². The van der Waals surface area contributed by atoms with Crippen molar-refractivity contribution in [3.63, 3.8) is 0 Å². The van der Waals surface area contributed by atoms with Gasteiger partial charge in [-0.05, 0) is 36.6 Å². The summed E-state index contributed by atoms with van der Waals surface area (Å²) in [5, 5.41) is 11.8. The highest BCUT2D eigenvalue weighted by Crippen LogP contribution is 2.49. The van der Waals surface area contributed by atoms with Crippen molar-refractivity contribution in [3.8, 4) is 0 Å². The van der Waals surface area contributed by atoms with E-state index >= 15 is 0 Å². The largest absolute Gasteiger partial charge is 0.478 e. The summed E-state index contributed by atoms with van der Waals surface area (Å²) in [7, 11) is 0. The van der Waals surface area contributed by atoms with Crippen LogP contribution in [0, 0.1) is 5.82 Å². The minimum absolute atomic E-state index is 0.173. The Hall–Kier alpha value is -2.69. The van der Waals surface area contributed by atoms with E-state index in [4.69, 9.17) is 5.11 Å². The summed E-state index contributed by atoms with van der Waals surface area (Å²) in [6.45, 7) is 0.218. The molecule has 0 heterocycles. The summed E-state index contributed by atoms with van der Waals surface area (Å²) in [6.07, 6.45) is 1.24. The maximum absolute atomic E-state index is 13.9. The lowest BCUT2D eigenvalue weighted by Crippen LogP contribution is -2.34. The number of nitrogens with one attached hydrogen (secondary N) is 1. The van der Waals surface area contributed by atoms with Gasteiger partial charge in [0.05, 0.1) is 11.0 Å². The lowest BCUT2D eigenvalue weighted by atomic mass is 9.94. The molecule has 0 unspecified atom stereocenters. The van der Waals surface area contributed by atoms with Crippen LogP contribution in [0.25, 0.3) is 0 Å². The van der Waals surface area contributed by atoms with Crippen molar-refractivity contribution in [2.45, 2.75) is 24.8 Å². The van der Waals surface area contributed by atoms with Crippen LogP contribution in [-0.2, 0) is 16.8 Å². The highest BCUT2D eigenvalue weighted by Gasteiger charge is 2.52. The second kappa shape index (κ2) is 5.83. The Morgan fingerprint density at radius 1 is 1.13 bits per heavy atom. The van der Waals surface area contributed by atoms with Gasteiger partial charge >= 0.3 is 5.97 Å². The Kier molecular flexibility index (Phi) is 3.86. The third-order valence-corrected chi connectivity index (χ3v) is 4.20. The summed E-state index contributed by atoms with van der Waals surface area (Å²) in [5.41, 5.74) is 0.516. The maximum Gasteiger partial charge on any atom is 0.335 e. The number of carboxylic acid groups (broad SMARTS) is 1. The third kappa shape index (κ3) is 2.95. The molecule has 0 radical (unpaired) electrons. The molecule has 5 heteroatoms. The summed E-state index contributed by atoms with van der Waals surface area (Å²) >= 11 is 0. The van der Waals surface area contributed by atoms with Gasteiger partial charge in [-0.3, -0.25) is 4.79 Å². The number of hydrogen-bond donors (Lipinski definition) is 2. The Labute approximate surface area is 133 Å². The van der Waals surface area contributed by atoms with E-state index in [0.29, 0.717) is 24.0 Å². The van der Waals surface area contributed by atoms with E-state index in [1.165, 1.54) is 18.2 Å². The van der Waals surface area contributed by atoms with E-state index in [1.54, 1.807) is 30.3 Å². The van der Waals surface area contributed by atoms with Crippen LogP contribution in [0.4, 0.5) is 4.39 Å².